The Hall–Kier alpha value is -2.22. The number of rotatable bonds is 8. The third kappa shape index (κ3) is 12.4. The first-order valence-electron chi connectivity index (χ1n) is 21.3. The maximum absolute atomic E-state index is 2.47. The molecule has 296 valence electrons. The quantitative estimate of drug-likeness (QED) is 0.106. The van der Waals surface area contributed by atoms with Crippen LogP contribution in [-0.4, -0.2) is 5.43 Å². The fourth-order valence-electron chi connectivity index (χ4n) is 9.04. The summed E-state index contributed by atoms with van der Waals surface area (Å²) in [6, 6.07) is 37.3. The van der Waals surface area contributed by atoms with Crippen LogP contribution in [0.15, 0.2) is 97.1 Å². The summed E-state index contributed by atoms with van der Waals surface area (Å²) in [5, 5.41) is 5.77. The zero-order valence-electron chi connectivity index (χ0n) is 35.0. The summed E-state index contributed by atoms with van der Waals surface area (Å²) in [6.07, 6.45) is 19.0. The molecule has 8 rings (SSSR count). The summed E-state index contributed by atoms with van der Waals surface area (Å²) in [4.78, 5) is 0. The molecule has 0 N–H and O–H groups in total. The van der Waals surface area contributed by atoms with Crippen molar-refractivity contribution in [2.24, 2.45) is 11.8 Å². The Morgan fingerprint density at radius 2 is 0.875 bits per heavy atom. The van der Waals surface area contributed by atoms with Crippen molar-refractivity contribution in [2.75, 3.05) is 0 Å². The SMILES string of the molecule is CCc1ccc(-c2ccc(C)c3[cH-]c(CC4CCCCC4)cc23)cc1.CCc1ccc(-c2ccc(C)c3[cH-]c(CC4CCCCC4)cc23)cc1.C[Si](C)=[Zr+2].[Cl-].[Cl-]. The summed E-state index contributed by atoms with van der Waals surface area (Å²) < 4.78 is 0. The largest absolute Gasteiger partial charge is 1.00 e. The van der Waals surface area contributed by atoms with Gasteiger partial charge in [0.25, 0.3) is 0 Å². The first kappa shape index (κ1) is 46.5. The minimum Gasteiger partial charge on any atom is -1.00 e. The Balaban J connectivity index is 0.000000220. The van der Waals surface area contributed by atoms with Gasteiger partial charge in [0.05, 0.1) is 0 Å². The van der Waals surface area contributed by atoms with Crippen molar-refractivity contribution in [1.82, 2.24) is 0 Å². The van der Waals surface area contributed by atoms with Gasteiger partial charge in [-0.3, -0.25) is 0 Å². The number of halogens is 2. The molecule has 6 aromatic carbocycles. The van der Waals surface area contributed by atoms with E-state index in [1.807, 2.05) is 0 Å². The topological polar surface area (TPSA) is 0 Å². The molecule has 2 fully saturated rings. The minimum absolute atomic E-state index is 0. The first-order valence-corrected chi connectivity index (χ1v) is 27.5. The van der Waals surface area contributed by atoms with Crippen LogP contribution in [0.1, 0.15) is 111 Å². The molecule has 0 spiro atoms. The van der Waals surface area contributed by atoms with Gasteiger partial charge in [-0.25, -0.2) is 0 Å². The van der Waals surface area contributed by atoms with Gasteiger partial charge in [0.15, 0.2) is 0 Å². The van der Waals surface area contributed by atoms with Gasteiger partial charge in [-0.2, -0.15) is 12.1 Å². The van der Waals surface area contributed by atoms with Gasteiger partial charge in [0.1, 0.15) is 0 Å². The van der Waals surface area contributed by atoms with Gasteiger partial charge in [0, 0.05) is 0 Å². The second kappa shape index (κ2) is 22.8. The summed E-state index contributed by atoms with van der Waals surface area (Å²) >= 11 is 1.74. The van der Waals surface area contributed by atoms with Crippen LogP contribution in [0.25, 0.3) is 43.8 Å². The molecule has 0 aliphatic heterocycles. The standard InChI is InChI=1S/2C25H29.C2H6Si.2ClH.Zr/c2*1-3-19-10-12-22(13-11-19)23-14-9-18(2)24-16-21(17-25(23)24)15-20-7-5-4-6-8-20;1-3-2;;;/h2*9-14,16-17,20H,3-8,15H2,1-2H3;1-2H3;2*1H;/q2*-1;;;;+2/p-2. The van der Waals surface area contributed by atoms with Crippen molar-refractivity contribution in [3.05, 3.63) is 130 Å². The predicted molar refractivity (Wildman–Crippen MR) is 236 cm³/mol. The fourth-order valence-corrected chi connectivity index (χ4v) is 9.04. The molecule has 2 saturated carbocycles. The summed E-state index contributed by atoms with van der Waals surface area (Å²) in [7, 11) is 0. The molecule has 2 aliphatic carbocycles. The van der Waals surface area contributed by atoms with Crippen LogP contribution in [0, 0.1) is 25.7 Å². The van der Waals surface area contributed by atoms with Crippen molar-refractivity contribution in [2.45, 2.75) is 131 Å². The molecular formula is C52H64Cl2SiZr-2. The molecule has 0 radical (unpaired) electrons. The van der Waals surface area contributed by atoms with Crippen molar-refractivity contribution in [1.29, 1.82) is 0 Å². The molecule has 4 heteroatoms. The number of hydrogen-bond acceptors (Lipinski definition) is 0. The Morgan fingerprint density at radius 3 is 1.20 bits per heavy atom. The Kier molecular flexibility index (Phi) is 18.9. The van der Waals surface area contributed by atoms with E-state index in [-0.39, 0.29) is 30.2 Å². The van der Waals surface area contributed by atoms with E-state index in [1.165, 1.54) is 143 Å². The third-order valence-electron chi connectivity index (χ3n) is 12.2. The van der Waals surface area contributed by atoms with Crippen molar-refractivity contribution < 1.29 is 48.1 Å². The molecule has 0 saturated heterocycles. The van der Waals surface area contributed by atoms with Gasteiger partial charge in [-0.1, -0.05) is 164 Å². The van der Waals surface area contributed by atoms with Gasteiger partial charge < -0.3 is 24.8 Å². The van der Waals surface area contributed by atoms with E-state index in [2.05, 4.69) is 138 Å². The van der Waals surface area contributed by atoms with E-state index < -0.39 is 0 Å². The van der Waals surface area contributed by atoms with Gasteiger partial charge in [-0.15, -0.1) is 68.1 Å². The number of hydrogen-bond donors (Lipinski definition) is 0. The van der Waals surface area contributed by atoms with Gasteiger partial charge in [0.2, 0.25) is 0 Å². The van der Waals surface area contributed by atoms with Crippen LogP contribution in [0.5, 0.6) is 0 Å². The molecule has 6 aromatic rings. The Labute approximate surface area is 367 Å². The number of aryl methyl sites for hydroxylation is 4. The molecule has 0 nitrogen and oxygen atoms in total. The Morgan fingerprint density at radius 1 is 0.536 bits per heavy atom. The van der Waals surface area contributed by atoms with Crippen LogP contribution < -0.4 is 24.8 Å². The monoisotopic (exact) mass is 876 g/mol. The minimum atomic E-state index is 0. The van der Waals surface area contributed by atoms with Crippen molar-refractivity contribution in [3.63, 3.8) is 0 Å². The molecule has 0 bridgehead atoms. The molecule has 0 aromatic heterocycles. The predicted octanol–water partition coefficient (Wildman–Crippen LogP) is 9.23. The van der Waals surface area contributed by atoms with Crippen LogP contribution in [0.3, 0.4) is 0 Å². The fraction of sp³-hybridized carbons (Fsp3) is 0.423. The van der Waals surface area contributed by atoms with Crippen molar-refractivity contribution >= 4 is 27.0 Å². The van der Waals surface area contributed by atoms with Crippen LogP contribution in [0.2, 0.25) is 13.1 Å². The smallest absolute Gasteiger partial charge is 1.00 e. The Bertz CT molecular complexity index is 1950. The first-order chi connectivity index (χ1) is 26.2. The van der Waals surface area contributed by atoms with E-state index in [0.29, 0.717) is 0 Å². The number of fused-ring (bicyclic) bond motifs is 2. The second-order valence-corrected chi connectivity index (χ2v) is 26.1. The number of benzene rings is 4. The van der Waals surface area contributed by atoms with E-state index in [0.717, 1.165) is 24.7 Å². The molecule has 56 heavy (non-hydrogen) atoms. The van der Waals surface area contributed by atoms with Gasteiger partial charge >= 0.3 is 41.9 Å². The summed E-state index contributed by atoms with van der Waals surface area (Å²) in [5.41, 5.74) is 14.4. The molecule has 0 amide bonds. The zero-order valence-corrected chi connectivity index (χ0v) is 40.0. The average Bonchev–Trinajstić information content (AvgIpc) is 3.82. The third-order valence-corrected chi connectivity index (χ3v) is 12.2. The van der Waals surface area contributed by atoms with E-state index in [1.54, 1.807) is 34.5 Å². The maximum Gasteiger partial charge on any atom is -1.00 e. The molecule has 2 aliphatic rings. The average molecular weight is 879 g/mol. The summed E-state index contributed by atoms with van der Waals surface area (Å²) in [6.45, 7) is 13.5. The van der Waals surface area contributed by atoms with E-state index in [9.17, 15) is 0 Å². The van der Waals surface area contributed by atoms with Crippen molar-refractivity contribution in [3.8, 4) is 22.3 Å². The summed E-state index contributed by atoms with van der Waals surface area (Å²) in [5.74, 6) is 1.80. The zero-order chi connectivity index (χ0) is 38.0. The van der Waals surface area contributed by atoms with Crippen LogP contribution in [0.4, 0.5) is 0 Å². The van der Waals surface area contributed by atoms with Gasteiger partial charge in [-0.05, 0) is 59.8 Å². The van der Waals surface area contributed by atoms with Crippen LogP contribution >= 0.6 is 0 Å². The second-order valence-electron chi connectivity index (χ2n) is 16.8. The molecule has 0 atom stereocenters. The molecule has 0 unspecified atom stereocenters. The normalized spacial score (nSPS) is 14.6. The van der Waals surface area contributed by atoms with Crippen LogP contribution in [-0.2, 0) is 49.0 Å². The van der Waals surface area contributed by atoms with E-state index >= 15 is 0 Å². The maximum atomic E-state index is 2.47. The molecule has 0 heterocycles. The molecular weight excluding hydrogens is 815 g/mol. The van der Waals surface area contributed by atoms with E-state index in [4.69, 9.17) is 0 Å².